The molecule has 0 saturated carbocycles. The molecule has 0 fully saturated rings. The van der Waals surface area contributed by atoms with Gasteiger partial charge in [0.15, 0.2) is 0 Å². The fourth-order valence-electron chi connectivity index (χ4n) is 2.31. The molecular formula is C17H17NOS. The third-order valence-electron chi connectivity index (χ3n) is 3.36. The van der Waals surface area contributed by atoms with Crippen LogP contribution in [-0.2, 0) is 6.61 Å². The van der Waals surface area contributed by atoms with Crippen LogP contribution in [0.25, 0.3) is 10.8 Å². The molecule has 1 aromatic heterocycles. The van der Waals surface area contributed by atoms with Gasteiger partial charge in [-0.15, -0.1) is 0 Å². The van der Waals surface area contributed by atoms with E-state index < -0.39 is 0 Å². The van der Waals surface area contributed by atoms with Crippen LogP contribution in [0, 0.1) is 0 Å². The van der Waals surface area contributed by atoms with Crippen LogP contribution in [0.2, 0.25) is 0 Å². The maximum Gasteiger partial charge on any atom is 0.132 e. The van der Waals surface area contributed by atoms with Crippen molar-refractivity contribution in [3.8, 4) is 5.75 Å². The Morgan fingerprint density at radius 3 is 2.75 bits per heavy atom. The number of ether oxygens (including phenoxy) is 1. The van der Waals surface area contributed by atoms with Crippen LogP contribution in [0.3, 0.4) is 0 Å². The lowest BCUT2D eigenvalue weighted by Crippen LogP contribution is -2.08. The highest BCUT2D eigenvalue weighted by Crippen LogP contribution is 2.33. The highest BCUT2D eigenvalue weighted by atomic mass is 32.1. The van der Waals surface area contributed by atoms with E-state index in [2.05, 4.69) is 41.1 Å². The Labute approximate surface area is 122 Å². The highest BCUT2D eigenvalue weighted by molar-refractivity contribution is 7.07. The van der Waals surface area contributed by atoms with Gasteiger partial charge in [0.2, 0.25) is 0 Å². The second kappa shape index (κ2) is 5.65. The fraction of sp³-hybridized carbons (Fsp3) is 0.176. The van der Waals surface area contributed by atoms with E-state index in [0.29, 0.717) is 6.61 Å². The topological polar surface area (TPSA) is 35.2 Å². The van der Waals surface area contributed by atoms with Gasteiger partial charge < -0.3 is 10.5 Å². The van der Waals surface area contributed by atoms with Crippen molar-refractivity contribution in [1.29, 1.82) is 0 Å². The van der Waals surface area contributed by atoms with Crippen molar-refractivity contribution in [2.24, 2.45) is 5.73 Å². The first-order chi connectivity index (χ1) is 9.75. The monoisotopic (exact) mass is 283 g/mol. The number of nitrogens with two attached hydrogens (primary N) is 1. The molecule has 0 bridgehead atoms. The molecule has 3 aromatic rings. The largest absolute Gasteiger partial charge is 0.488 e. The molecule has 0 radical (unpaired) electrons. The minimum absolute atomic E-state index is 0.0444. The summed E-state index contributed by atoms with van der Waals surface area (Å²) in [6.45, 7) is 2.57. The Hall–Kier alpha value is -1.84. The Bertz CT molecular complexity index is 704. The van der Waals surface area contributed by atoms with Gasteiger partial charge in [-0.3, -0.25) is 0 Å². The van der Waals surface area contributed by atoms with Gasteiger partial charge in [-0.1, -0.05) is 36.4 Å². The quantitative estimate of drug-likeness (QED) is 0.765. The van der Waals surface area contributed by atoms with Gasteiger partial charge in [0.1, 0.15) is 12.4 Å². The van der Waals surface area contributed by atoms with Crippen LogP contribution in [0.5, 0.6) is 5.75 Å². The number of thiophene rings is 1. The van der Waals surface area contributed by atoms with E-state index in [1.807, 2.05) is 19.1 Å². The van der Waals surface area contributed by atoms with Crippen LogP contribution in [-0.4, -0.2) is 0 Å². The summed E-state index contributed by atoms with van der Waals surface area (Å²) in [5.74, 6) is 0.907. The molecule has 1 heterocycles. The van der Waals surface area contributed by atoms with E-state index in [0.717, 1.165) is 16.7 Å². The molecule has 2 aromatic carbocycles. The molecule has 0 aliphatic heterocycles. The first-order valence-electron chi connectivity index (χ1n) is 6.67. The summed E-state index contributed by atoms with van der Waals surface area (Å²) in [5, 5.41) is 6.47. The van der Waals surface area contributed by atoms with Crippen molar-refractivity contribution in [1.82, 2.24) is 0 Å². The summed E-state index contributed by atoms with van der Waals surface area (Å²) in [6, 6.07) is 14.5. The lowest BCUT2D eigenvalue weighted by atomic mass is 10.0. The summed E-state index contributed by atoms with van der Waals surface area (Å²) in [6.07, 6.45) is 0. The highest BCUT2D eigenvalue weighted by Gasteiger charge is 2.12. The van der Waals surface area contributed by atoms with Gasteiger partial charge in [0.05, 0.1) is 0 Å². The molecule has 20 heavy (non-hydrogen) atoms. The van der Waals surface area contributed by atoms with Crippen molar-refractivity contribution >= 4 is 22.1 Å². The molecule has 102 valence electrons. The Morgan fingerprint density at radius 1 is 1.15 bits per heavy atom. The molecule has 0 unspecified atom stereocenters. The normalized spacial score (nSPS) is 12.5. The van der Waals surface area contributed by atoms with E-state index in [1.54, 1.807) is 11.3 Å². The summed E-state index contributed by atoms with van der Waals surface area (Å²) in [4.78, 5) is 0. The van der Waals surface area contributed by atoms with E-state index in [9.17, 15) is 0 Å². The van der Waals surface area contributed by atoms with Crippen molar-refractivity contribution in [3.05, 3.63) is 64.4 Å². The average molecular weight is 283 g/mol. The predicted molar refractivity (Wildman–Crippen MR) is 85.2 cm³/mol. The maximum atomic E-state index is 6.08. The summed E-state index contributed by atoms with van der Waals surface area (Å²) in [5.41, 5.74) is 8.32. The lowest BCUT2D eigenvalue weighted by Gasteiger charge is -2.16. The summed E-state index contributed by atoms with van der Waals surface area (Å²) >= 11 is 1.68. The van der Waals surface area contributed by atoms with Gasteiger partial charge in [0.25, 0.3) is 0 Å². The second-order valence-corrected chi connectivity index (χ2v) is 5.69. The van der Waals surface area contributed by atoms with Gasteiger partial charge >= 0.3 is 0 Å². The zero-order chi connectivity index (χ0) is 13.9. The SMILES string of the molecule is C[C@@H](N)c1ccc2ccccc2c1OCc1ccsc1. The maximum absolute atomic E-state index is 6.08. The van der Waals surface area contributed by atoms with Crippen LogP contribution in [0.15, 0.2) is 53.2 Å². The molecule has 0 saturated heterocycles. The van der Waals surface area contributed by atoms with Crippen LogP contribution in [0.1, 0.15) is 24.1 Å². The van der Waals surface area contributed by atoms with Crippen molar-refractivity contribution < 1.29 is 4.74 Å². The van der Waals surface area contributed by atoms with E-state index in [4.69, 9.17) is 10.5 Å². The number of fused-ring (bicyclic) bond motifs is 1. The molecule has 0 spiro atoms. The summed E-state index contributed by atoms with van der Waals surface area (Å²) in [7, 11) is 0. The van der Waals surface area contributed by atoms with Crippen LogP contribution in [0.4, 0.5) is 0 Å². The molecule has 0 amide bonds. The smallest absolute Gasteiger partial charge is 0.132 e. The Morgan fingerprint density at radius 2 is 2.00 bits per heavy atom. The summed E-state index contributed by atoms with van der Waals surface area (Å²) < 4.78 is 6.08. The Balaban J connectivity index is 2.03. The van der Waals surface area contributed by atoms with E-state index in [-0.39, 0.29) is 6.04 Å². The second-order valence-electron chi connectivity index (χ2n) is 4.91. The van der Waals surface area contributed by atoms with E-state index in [1.165, 1.54) is 10.9 Å². The molecule has 3 rings (SSSR count). The molecular weight excluding hydrogens is 266 g/mol. The number of benzene rings is 2. The van der Waals surface area contributed by atoms with Crippen molar-refractivity contribution in [2.45, 2.75) is 19.6 Å². The zero-order valence-electron chi connectivity index (χ0n) is 11.4. The van der Waals surface area contributed by atoms with Crippen LogP contribution < -0.4 is 10.5 Å². The number of hydrogen-bond donors (Lipinski definition) is 1. The van der Waals surface area contributed by atoms with Crippen LogP contribution >= 0.6 is 11.3 Å². The predicted octanol–water partition coefficient (Wildman–Crippen LogP) is 4.50. The minimum Gasteiger partial charge on any atom is -0.488 e. The van der Waals surface area contributed by atoms with Crippen molar-refractivity contribution in [2.75, 3.05) is 0 Å². The van der Waals surface area contributed by atoms with Gasteiger partial charge in [-0.05, 0) is 34.7 Å². The molecule has 2 N–H and O–H groups in total. The van der Waals surface area contributed by atoms with E-state index >= 15 is 0 Å². The molecule has 0 aliphatic rings. The van der Waals surface area contributed by atoms with Gasteiger partial charge in [-0.2, -0.15) is 11.3 Å². The molecule has 3 heteroatoms. The van der Waals surface area contributed by atoms with Crippen molar-refractivity contribution in [3.63, 3.8) is 0 Å². The molecule has 1 atom stereocenters. The molecule has 2 nitrogen and oxygen atoms in total. The fourth-order valence-corrected chi connectivity index (χ4v) is 2.96. The number of hydrogen-bond acceptors (Lipinski definition) is 3. The first-order valence-corrected chi connectivity index (χ1v) is 7.61. The third-order valence-corrected chi connectivity index (χ3v) is 4.10. The molecule has 0 aliphatic carbocycles. The standard InChI is InChI=1S/C17H17NOS/c1-12(18)15-7-6-14-4-2-3-5-16(14)17(15)19-10-13-8-9-20-11-13/h2-9,11-12H,10,18H2,1H3/t12-/m1/s1. The minimum atomic E-state index is -0.0444. The Kier molecular flexibility index (Phi) is 3.72. The number of rotatable bonds is 4. The van der Waals surface area contributed by atoms with Gasteiger partial charge in [-0.25, -0.2) is 0 Å². The van der Waals surface area contributed by atoms with Gasteiger partial charge in [0, 0.05) is 17.0 Å². The third kappa shape index (κ3) is 2.55. The lowest BCUT2D eigenvalue weighted by molar-refractivity contribution is 0.306. The first kappa shape index (κ1) is 13.2. The average Bonchev–Trinajstić information content (AvgIpc) is 2.97. The zero-order valence-corrected chi connectivity index (χ0v) is 12.2.